The van der Waals surface area contributed by atoms with Gasteiger partial charge >= 0.3 is 0 Å². The van der Waals surface area contributed by atoms with E-state index >= 15 is 0 Å². The molecule has 0 amide bonds. The number of benzene rings is 2. The number of carbonyl (C=O) groups is 1. The minimum atomic E-state index is 0.00363. The quantitative estimate of drug-likeness (QED) is 0.668. The lowest BCUT2D eigenvalue weighted by atomic mass is 10.1. The Bertz CT molecular complexity index is 678. The van der Waals surface area contributed by atoms with E-state index in [2.05, 4.69) is 36.1 Å². The molecule has 0 saturated heterocycles. The summed E-state index contributed by atoms with van der Waals surface area (Å²) >= 11 is 0. The number of anilines is 3. The van der Waals surface area contributed by atoms with Crippen LogP contribution in [0.1, 0.15) is 29.8 Å². The minimum Gasteiger partial charge on any atom is -0.398 e. The number of carbonyl (C=O) groups excluding carboxylic acids is 1. The van der Waals surface area contributed by atoms with E-state index < -0.39 is 0 Å². The third-order valence-electron chi connectivity index (χ3n) is 3.90. The van der Waals surface area contributed by atoms with Gasteiger partial charge in [0.15, 0.2) is 5.78 Å². The number of hydrogen-bond donors (Lipinski definition) is 1. The maximum absolute atomic E-state index is 11.5. The largest absolute Gasteiger partial charge is 0.398 e. The number of fused-ring (bicyclic) bond motifs is 1. The van der Waals surface area contributed by atoms with Gasteiger partial charge in [0.05, 0.1) is 0 Å². The van der Waals surface area contributed by atoms with E-state index in [1.165, 1.54) is 11.3 Å². The van der Waals surface area contributed by atoms with E-state index in [9.17, 15) is 4.79 Å². The molecule has 20 heavy (non-hydrogen) atoms. The van der Waals surface area contributed by atoms with Crippen molar-refractivity contribution in [2.75, 3.05) is 10.6 Å². The van der Waals surface area contributed by atoms with Crippen LogP contribution in [0.4, 0.5) is 17.1 Å². The van der Waals surface area contributed by atoms with Gasteiger partial charge in [0.25, 0.3) is 0 Å². The Morgan fingerprint density at radius 2 is 2.00 bits per heavy atom. The van der Waals surface area contributed by atoms with Gasteiger partial charge in [-0.25, -0.2) is 0 Å². The molecule has 0 aromatic heterocycles. The van der Waals surface area contributed by atoms with Gasteiger partial charge in [-0.1, -0.05) is 18.2 Å². The number of Topliss-reactive ketones (excluding diaryl/α,β-unsaturated/α-hetero) is 1. The first-order valence-electron chi connectivity index (χ1n) is 6.85. The lowest BCUT2D eigenvalue weighted by Gasteiger charge is -2.25. The van der Waals surface area contributed by atoms with Crippen LogP contribution in [0, 0.1) is 0 Å². The lowest BCUT2D eigenvalue weighted by Crippen LogP contribution is -2.24. The highest BCUT2D eigenvalue weighted by Crippen LogP contribution is 2.38. The molecule has 3 heteroatoms. The maximum atomic E-state index is 11.5. The van der Waals surface area contributed by atoms with Gasteiger partial charge in [-0.3, -0.25) is 4.79 Å². The molecule has 3 rings (SSSR count). The summed E-state index contributed by atoms with van der Waals surface area (Å²) in [6, 6.07) is 14.5. The second-order valence-corrected chi connectivity index (χ2v) is 5.38. The summed E-state index contributed by atoms with van der Waals surface area (Å²) in [5, 5.41) is 0. The zero-order valence-electron chi connectivity index (χ0n) is 11.8. The van der Waals surface area contributed by atoms with E-state index in [4.69, 9.17) is 5.73 Å². The molecule has 0 bridgehead atoms. The van der Waals surface area contributed by atoms with Crippen LogP contribution in [0.25, 0.3) is 0 Å². The van der Waals surface area contributed by atoms with Crippen LogP contribution in [-0.2, 0) is 6.42 Å². The molecule has 2 aromatic rings. The number of rotatable bonds is 2. The number of nitrogen functional groups attached to an aromatic ring is 1. The molecule has 102 valence electrons. The predicted molar refractivity (Wildman–Crippen MR) is 82.6 cm³/mol. The molecule has 0 fully saturated rings. The Morgan fingerprint density at radius 1 is 1.25 bits per heavy atom. The zero-order valence-corrected chi connectivity index (χ0v) is 11.8. The minimum absolute atomic E-state index is 0.00363. The molecule has 0 spiro atoms. The van der Waals surface area contributed by atoms with Crippen LogP contribution in [0.3, 0.4) is 0 Å². The third kappa shape index (κ3) is 1.95. The third-order valence-corrected chi connectivity index (χ3v) is 3.90. The highest BCUT2D eigenvalue weighted by Gasteiger charge is 2.27. The Hall–Kier alpha value is -2.29. The lowest BCUT2D eigenvalue weighted by molar-refractivity contribution is 0.101. The Kier molecular flexibility index (Phi) is 2.97. The summed E-state index contributed by atoms with van der Waals surface area (Å²) < 4.78 is 0. The fourth-order valence-electron chi connectivity index (χ4n) is 2.98. The van der Waals surface area contributed by atoms with Crippen molar-refractivity contribution in [1.82, 2.24) is 0 Å². The Labute approximate surface area is 119 Å². The smallest absolute Gasteiger partial charge is 0.161 e. The van der Waals surface area contributed by atoms with Gasteiger partial charge < -0.3 is 10.6 Å². The SMILES string of the molecule is CC(=O)c1ccc(N2c3ccccc3CC2C)cc1N. The van der Waals surface area contributed by atoms with E-state index in [0.717, 1.165) is 12.1 Å². The van der Waals surface area contributed by atoms with Gasteiger partial charge in [-0.2, -0.15) is 0 Å². The molecule has 1 unspecified atom stereocenters. The normalized spacial score (nSPS) is 17.1. The van der Waals surface area contributed by atoms with E-state index in [1.54, 1.807) is 6.92 Å². The second kappa shape index (κ2) is 4.67. The molecule has 0 aliphatic carbocycles. The Morgan fingerprint density at radius 3 is 2.70 bits per heavy atom. The summed E-state index contributed by atoms with van der Waals surface area (Å²) in [7, 11) is 0. The van der Waals surface area contributed by atoms with Crippen molar-refractivity contribution in [3.63, 3.8) is 0 Å². The zero-order chi connectivity index (χ0) is 14.3. The van der Waals surface area contributed by atoms with Crippen molar-refractivity contribution in [3.05, 3.63) is 53.6 Å². The fraction of sp³-hybridized carbons (Fsp3) is 0.235. The highest BCUT2D eigenvalue weighted by atomic mass is 16.1. The molecule has 2 aromatic carbocycles. The average molecular weight is 266 g/mol. The molecule has 1 heterocycles. The van der Waals surface area contributed by atoms with Crippen molar-refractivity contribution in [1.29, 1.82) is 0 Å². The number of ketones is 1. The highest BCUT2D eigenvalue weighted by molar-refractivity contribution is 5.99. The van der Waals surface area contributed by atoms with Crippen LogP contribution < -0.4 is 10.6 Å². The van der Waals surface area contributed by atoms with Crippen molar-refractivity contribution in [2.24, 2.45) is 0 Å². The van der Waals surface area contributed by atoms with E-state index in [-0.39, 0.29) is 5.78 Å². The van der Waals surface area contributed by atoms with Crippen LogP contribution in [0.2, 0.25) is 0 Å². The van der Waals surface area contributed by atoms with Gasteiger partial charge in [0, 0.05) is 28.7 Å². The molecular weight excluding hydrogens is 248 g/mol. The van der Waals surface area contributed by atoms with Crippen molar-refractivity contribution >= 4 is 22.8 Å². The summed E-state index contributed by atoms with van der Waals surface area (Å²) in [4.78, 5) is 13.8. The standard InChI is InChI=1S/C17H18N2O/c1-11-9-13-5-3-4-6-17(13)19(11)14-7-8-15(12(2)20)16(18)10-14/h3-8,10-11H,9,18H2,1-2H3. The van der Waals surface area contributed by atoms with Gasteiger partial charge in [0.2, 0.25) is 0 Å². The average Bonchev–Trinajstić information content (AvgIpc) is 2.73. The Balaban J connectivity index is 2.06. The molecule has 2 N–H and O–H groups in total. The molecule has 0 radical (unpaired) electrons. The van der Waals surface area contributed by atoms with Crippen LogP contribution >= 0.6 is 0 Å². The van der Waals surface area contributed by atoms with Crippen molar-refractivity contribution in [2.45, 2.75) is 26.3 Å². The monoisotopic (exact) mass is 266 g/mol. The summed E-state index contributed by atoms with van der Waals surface area (Å²) in [6.07, 6.45) is 1.03. The number of nitrogens with two attached hydrogens (primary N) is 1. The van der Waals surface area contributed by atoms with Crippen LogP contribution in [0.5, 0.6) is 0 Å². The molecular formula is C17H18N2O. The van der Waals surface area contributed by atoms with E-state index in [1.807, 2.05) is 18.2 Å². The van der Waals surface area contributed by atoms with Crippen LogP contribution in [0.15, 0.2) is 42.5 Å². The summed E-state index contributed by atoms with van der Waals surface area (Å²) in [5.41, 5.74) is 10.8. The topological polar surface area (TPSA) is 46.3 Å². The number of nitrogens with zero attached hydrogens (tertiary/aromatic N) is 1. The van der Waals surface area contributed by atoms with Crippen LogP contribution in [-0.4, -0.2) is 11.8 Å². The summed E-state index contributed by atoms with van der Waals surface area (Å²) in [5.74, 6) is 0.00363. The van der Waals surface area contributed by atoms with Gasteiger partial charge in [0.1, 0.15) is 0 Å². The number of para-hydroxylation sites is 1. The molecule has 1 atom stereocenters. The van der Waals surface area contributed by atoms with Gasteiger partial charge in [-0.05, 0) is 50.1 Å². The van der Waals surface area contributed by atoms with Gasteiger partial charge in [-0.15, -0.1) is 0 Å². The van der Waals surface area contributed by atoms with E-state index in [0.29, 0.717) is 17.3 Å². The molecule has 0 saturated carbocycles. The molecule has 1 aliphatic heterocycles. The maximum Gasteiger partial charge on any atom is 0.161 e. The first-order valence-corrected chi connectivity index (χ1v) is 6.85. The fourth-order valence-corrected chi connectivity index (χ4v) is 2.98. The first kappa shape index (κ1) is 12.7. The first-order chi connectivity index (χ1) is 9.58. The predicted octanol–water partition coefficient (Wildman–Crippen LogP) is 3.55. The second-order valence-electron chi connectivity index (χ2n) is 5.38. The molecule has 3 nitrogen and oxygen atoms in total. The van der Waals surface area contributed by atoms with Crippen molar-refractivity contribution in [3.8, 4) is 0 Å². The number of hydrogen-bond acceptors (Lipinski definition) is 3. The molecule has 1 aliphatic rings. The summed E-state index contributed by atoms with van der Waals surface area (Å²) in [6.45, 7) is 3.74. The van der Waals surface area contributed by atoms with Crippen molar-refractivity contribution < 1.29 is 4.79 Å².